The molecule has 1 fully saturated rings. The summed E-state index contributed by atoms with van der Waals surface area (Å²) in [7, 11) is 0. The third kappa shape index (κ3) is 4.33. The number of nitro groups is 1. The van der Waals surface area contributed by atoms with Gasteiger partial charge in [0.05, 0.1) is 35.4 Å². The molecule has 1 saturated heterocycles. The van der Waals surface area contributed by atoms with Crippen molar-refractivity contribution in [3.63, 3.8) is 0 Å². The normalized spacial score (nSPS) is 15.1. The van der Waals surface area contributed by atoms with Crippen molar-refractivity contribution in [1.29, 1.82) is 0 Å². The molecule has 0 bridgehead atoms. The number of hydrogen-bond acceptors (Lipinski definition) is 7. The van der Waals surface area contributed by atoms with Gasteiger partial charge in [-0.25, -0.2) is 0 Å². The molecule has 1 unspecified atom stereocenters. The number of carbonyl (C=O) groups is 1. The lowest BCUT2D eigenvalue weighted by Crippen LogP contribution is -2.38. The zero-order valence-corrected chi connectivity index (χ0v) is 17.2. The number of fused-ring (bicyclic) bond motifs is 1. The van der Waals surface area contributed by atoms with Gasteiger partial charge in [0.25, 0.3) is 11.6 Å². The first-order chi connectivity index (χ1) is 15.1. The van der Waals surface area contributed by atoms with Crippen LogP contribution >= 0.6 is 0 Å². The molecule has 1 N–H and O–H groups in total. The molecule has 162 valence electrons. The summed E-state index contributed by atoms with van der Waals surface area (Å²) in [6, 6.07) is 9.62. The second-order valence-electron chi connectivity index (χ2n) is 7.36. The smallest absolute Gasteiger partial charge is 0.270 e. The predicted octanol–water partition coefficient (Wildman–Crippen LogP) is 2.75. The van der Waals surface area contributed by atoms with Crippen LogP contribution < -0.4 is 10.2 Å². The van der Waals surface area contributed by atoms with Crippen molar-refractivity contribution in [3.05, 3.63) is 64.1 Å². The van der Waals surface area contributed by atoms with E-state index in [0.29, 0.717) is 49.9 Å². The van der Waals surface area contributed by atoms with Crippen LogP contribution in [0, 0.1) is 10.1 Å². The quantitative estimate of drug-likeness (QED) is 0.458. The van der Waals surface area contributed by atoms with Gasteiger partial charge in [-0.1, -0.05) is 19.4 Å². The minimum Gasteiger partial charge on any atom is -0.378 e. The molecule has 2 aromatic heterocycles. The average Bonchev–Trinajstić information content (AvgIpc) is 3.23. The number of benzene rings is 1. The maximum absolute atomic E-state index is 13.4. The summed E-state index contributed by atoms with van der Waals surface area (Å²) in [6.45, 7) is 4.34. The number of anilines is 1. The highest BCUT2D eigenvalue weighted by Gasteiger charge is 2.25. The Morgan fingerprint density at radius 2 is 2.06 bits per heavy atom. The molecule has 0 spiro atoms. The van der Waals surface area contributed by atoms with Gasteiger partial charge < -0.3 is 15.0 Å². The lowest BCUT2D eigenvalue weighted by atomic mass is 10.1. The number of carbonyl (C=O) groups excluding carboxylic acids is 1. The van der Waals surface area contributed by atoms with Crippen LogP contribution in [0.15, 0.2) is 42.6 Å². The Bertz CT molecular complexity index is 1090. The predicted molar refractivity (Wildman–Crippen MR) is 114 cm³/mol. The number of morpholine rings is 1. The SMILES string of the molecule is CCCC(NC(=O)c1cc([N+](=O)[O-])ccc1N1CCOCC1)c1nnc2ccccn12. The Morgan fingerprint density at radius 1 is 1.26 bits per heavy atom. The number of non-ortho nitro benzene ring substituents is 1. The highest BCUT2D eigenvalue weighted by Crippen LogP contribution is 2.28. The molecular weight excluding hydrogens is 400 g/mol. The number of aromatic nitrogens is 3. The van der Waals surface area contributed by atoms with Gasteiger partial charge in [-0.2, -0.15) is 0 Å². The van der Waals surface area contributed by atoms with Crippen LogP contribution in [0.3, 0.4) is 0 Å². The van der Waals surface area contributed by atoms with Crippen LogP contribution in [0.1, 0.15) is 42.0 Å². The maximum atomic E-state index is 13.4. The summed E-state index contributed by atoms with van der Waals surface area (Å²) >= 11 is 0. The summed E-state index contributed by atoms with van der Waals surface area (Å²) in [4.78, 5) is 26.2. The van der Waals surface area contributed by atoms with Gasteiger partial charge in [0.2, 0.25) is 0 Å². The Kier molecular flexibility index (Phi) is 6.08. The summed E-state index contributed by atoms with van der Waals surface area (Å²) in [5.41, 5.74) is 1.50. The Balaban J connectivity index is 1.68. The average molecular weight is 424 g/mol. The number of pyridine rings is 1. The molecule has 1 aliphatic rings. The first-order valence-electron chi connectivity index (χ1n) is 10.3. The highest BCUT2D eigenvalue weighted by atomic mass is 16.6. The molecule has 1 aromatic carbocycles. The van der Waals surface area contributed by atoms with Crippen LogP contribution in [-0.4, -0.2) is 51.7 Å². The number of rotatable bonds is 7. The summed E-state index contributed by atoms with van der Waals surface area (Å²) in [6.07, 6.45) is 3.33. The van der Waals surface area contributed by atoms with Crippen molar-refractivity contribution in [2.75, 3.05) is 31.2 Å². The molecule has 3 aromatic rings. The third-order valence-corrected chi connectivity index (χ3v) is 5.32. The number of nitrogens with zero attached hydrogens (tertiary/aromatic N) is 5. The molecule has 3 heterocycles. The lowest BCUT2D eigenvalue weighted by Gasteiger charge is -2.30. The molecule has 10 nitrogen and oxygen atoms in total. The summed E-state index contributed by atoms with van der Waals surface area (Å²) < 4.78 is 7.25. The number of nitrogens with one attached hydrogen (secondary N) is 1. The van der Waals surface area contributed by atoms with Crippen molar-refractivity contribution in [2.24, 2.45) is 0 Å². The fourth-order valence-corrected chi connectivity index (χ4v) is 3.79. The molecule has 4 rings (SSSR count). The molecule has 10 heteroatoms. The third-order valence-electron chi connectivity index (χ3n) is 5.32. The standard InChI is InChI=1S/C21H24N6O4/c1-2-5-17(20-24-23-19-6-3-4-9-26(19)20)22-21(28)16-14-15(27(29)30)7-8-18(16)25-10-12-31-13-11-25/h3-4,6-9,14,17H,2,5,10-13H2,1H3,(H,22,28). The van der Waals surface area contributed by atoms with Crippen molar-refractivity contribution in [2.45, 2.75) is 25.8 Å². The van der Waals surface area contributed by atoms with Gasteiger partial charge >= 0.3 is 0 Å². The molecule has 1 atom stereocenters. The van der Waals surface area contributed by atoms with E-state index in [0.717, 1.165) is 6.42 Å². The molecular formula is C21H24N6O4. The number of ether oxygens (including phenoxy) is 1. The fourth-order valence-electron chi connectivity index (χ4n) is 3.79. The first kappa shape index (κ1) is 20.7. The summed E-state index contributed by atoms with van der Waals surface area (Å²) in [5, 5.41) is 22.8. The van der Waals surface area contributed by atoms with E-state index in [2.05, 4.69) is 15.5 Å². The van der Waals surface area contributed by atoms with E-state index < -0.39 is 4.92 Å². The maximum Gasteiger partial charge on any atom is 0.270 e. The van der Waals surface area contributed by atoms with Crippen molar-refractivity contribution < 1.29 is 14.5 Å². The van der Waals surface area contributed by atoms with E-state index in [9.17, 15) is 14.9 Å². The summed E-state index contributed by atoms with van der Waals surface area (Å²) in [5.74, 6) is 0.250. The molecule has 0 aliphatic carbocycles. The van der Waals surface area contributed by atoms with Gasteiger partial charge in [-0.15, -0.1) is 10.2 Å². The molecule has 0 radical (unpaired) electrons. The van der Waals surface area contributed by atoms with E-state index in [1.165, 1.54) is 12.1 Å². The lowest BCUT2D eigenvalue weighted by molar-refractivity contribution is -0.384. The monoisotopic (exact) mass is 424 g/mol. The number of nitro benzene ring substituents is 1. The van der Waals surface area contributed by atoms with Crippen molar-refractivity contribution in [1.82, 2.24) is 19.9 Å². The number of hydrogen-bond donors (Lipinski definition) is 1. The molecule has 0 saturated carbocycles. The van der Waals surface area contributed by atoms with Crippen LogP contribution in [0.25, 0.3) is 5.65 Å². The first-order valence-corrected chi connectivity index (χ1v) is 10.3. The van der Waals surface area contributed by atoms with Crippen LogP contribution in [-0.2, 0) is 4.74 Å². The second-order valence-corrected chi connectivity index (χ2v) is 7.36. The van der Waals surface area contributed by atoms with Crippen LogP contribution in [0.2, 0.25) is 0 Å². The largest absolute Gasteiger partial charge is 0.378 e. The Labute approximate surface area is 179 Å². The minimum absolute atomic E-state index is 0.123. The topological polar surface area (TPSA) is 115 Å². The van der Waals surface area contributed by atoms with E-state index in [1.807, 2.05) is 40.6 Å². The Morgan fingerprint density at radius 3 is 2.81 bits per heavy atom. The van der Waals surface area contributed by atoms with Crippen molar-refractivity contribution in [3.8, 4) is 0 Å². The van der Waals surface area contributed by atoms with E-state index >= 15 is 0 Å². The van der Waals surface area contributed by atoms with E-state index in [-0.39, 0.29) is 23.2 Å². The van der Waals surface area contributed by atoms with Gasteiger partial charge in [0.1, 0.15) is 0 Å². The van der Waals surface area contributed by atoms with Crippen molar-refractivity contribution >= 4 is 22.9 Å². The molecule has 1 amide bonds. The van der Waals surface area contributed by atoms with Gasteiger partial charge in [0.15, 0.2) is 11.5 Å². The van der Waals surface area contributed by atoms with Gasteiger partial charge in [-0.05, 0) is 24.6 Å². The van der Waals surface area contributed by atoms with Crippen LogP contribution in [0.4, 0.5) is 11.4 Å². The highest BCUT2D eigenvalue weighted by molar-refractivity contribution is 6.00. The van der Waals surface area contributed by atoms with Crippen LogP contribution in [0.5, 0.6) is 0 Å². The van der Waals surface area contributed by atoms with Gasteiger partial charge in [-0.3, -0.25) is 19.3 Å². The minimum atomic E-state index is -0.491. The number of amides is 1. The van der Waals surface area contributed by atoms with Gasteiger partial charge in [0, 0.05) is 31.4 Å². The zero-order chi connectivity index (χ0) is 21.8. The fraction of sp³-hybridized carbons (Fsp3) is 0.381. The Hall–Kier alpha value is -3.53. The van der Waals surface area contributed by atoms with E-state index in [4.69, 9.17) is 4.74 Å². The molecule has 1 aliphatic heterocycles. The molecule has 31 heavy (non-hydrogen) atoms. The second kappa shape index (κ2) is 9.09. The van der Waals surface area contributed by atoms with E-state index in [1.54, 1.807) is 6.07 Å². The zero-order valence-electron chi connectivity index (χ0n) is 17.2.